The molecule has 0 aromatic heterocycles. The highest BCUT2D eigenvalue weighted by molar-refractivity contribution is 5.85. The minimum atomic E-state index is 0. The van der Waals surface area contributed by atoms with Crippen LogP contribution in [-0.2, 0) is 9.59 Å². The van der Waals surface area contributed by atoms with Crippen molar-refractivity contribution in [2.45, 2.75) is 70.4 Å². The van der Waals surface area contributed by atoms with E-state index < -0.39 is 0 Å². The predicted octanol–water partition coefficient (Wildman–Crippen LogP) is 2.00. The molecule has 0 spiro atoms. The van der Waals surface area contributed by atoms with Gasteiger partial charge in [0, 0.05) is 30.5 Å². The van der Waals surface area contributed by atoms with E-state index in [-0.39, 0.29) is 42.1 Å². The van der Waals surface area contributed by atoms with Crippen LogP contribution in [0.15, 0.2) is 0 Å². The van der Waals surface area contributed by atoms with Gasteiger partial charge in [0.2, 0.25) is 11.8 Å². The van der Waals surface area contributed by atoms with E-state index in [0.29, 0.717) is 12.6 Å². The lowest BCUT2D eigenvalue weighted by Gasteiger charge is -2.29. The van der Waals surface area contributed by atoms with Gasteiger partial charge in [-0.25, -0.2) is 0 Å². The van der Waals surface area contributed by atoms with Crippen LogP contribution in [0.4, 0.5) is 0 Å². The molecule has 0 heterocycles. The van der Waals surface area contributed by atoms with Crippen LogP contribution in [-0.4, -0.2) is 37.5 Å². The lowest BCUT2D eigenvalue weighted by atomic mass is 9.85. The van der Waals surface area contributed by atoms with Crippen LogP contribution in [0.1, 0.15) is 58.3 Å². The molecule has 0 saturated heterocycles. The first kappa shape index (κ1) is 20.2. The van der Waals surface area contributed by atoms with Crippen molar-refractivity contribution in [1.29, 1.82) is 0 Å². The Morgan fingerprint density at radius 1 is 0.957 bits per heavy atom. The highest BCUT2D eigenvalue weighted by atomic mass is 35.5. The van der Waals surface area contributed by atoms with Gasteiger partial charge in [-0.05, 0) is 52.5 Å². The Labute approximate surface area is 146 Å². The SMILES string of the molecule is CNC(C)CNC(=O)C1CCC(NC(=O)C2CCCC2)CC1.Cl. The Bertz CT molecular complexity index is 378. The largest absolute Gasteiger partial charge is 0.354 e. The number of carbonyl (C=O) groups is 2. The highest BCUT2D eigenvalue weighted by Crippen LogP contribution is 2.27. The Balaban J connectivity index is 0.00000264. The molecular formula is C17H32ClN3O2. The molecule has 0 radical (unpaired) electrons. The summed E-state index contributed by atoms with van der Waals surface area (Å²) >= 11 is 0. The molecule has 2 amide bonds. The summed E-state index contributed by atoms with van der Waals surface area (Å²) in [5.74, 6) is 0.767. The van der Waals surface area contributed by atoms with Crippen molar-refractivity contribution in [3.8, 4) is 0 Å². The summed E-state index contributed by atoms with van der Waals surface area (Å²) in [4.78, 5) is 24.3. The summed E-state index contributed by atoms with van der Waals surface area (Å²) < 4.78 is 0. The van der Waals surface area contributed by atoms with E-state index in [0.717, 1.165) is 38.5 Å². The van der Waals surface area contributed by atoms with Gasteiger partial charge in [-0.2, -0.15) is 0 Å². The third-order valence-electron chi connectivity index (χ3n) is 5.25. The molecule has 2 rings (SSSR count). The number of rotatable bonds is 6. The minimum absolute atomic E-state index is 0. The second-order valence-electron chi connectivity index (χ2n) is 6.97. The maximum absolute atomic E-state index is 12.1. The van der Waals surface area contributed by atoms with Gasteiger partial charge in [0.25, 0.3) is 0 Å². The zero-order valence-electron chi connectivity index (χ0n) is 14.4. The molecule has 2 aliphatic carbocycles. The van der Waals surface area contributed by atoms with E-state index in [9.17, 15) is 9.59 Å². The zero-order chi connectivity index (χ0) is 15.9. The number of likely N-dealkylation sites (N-methyl/N-ethyl adjacent to an activating group) is 1. The summed E-state index contributed by atoms with van der Waals surface area (Å²) in [6.45, 7) is 2.73. The third-order valence-corrected chi connectivity index (χ3v) is 5.25. The fourth-order valence-corrected chi connectivity index (χ4v) is 3.51. The Morgan fingerprint density at radius 2 is 1.52 bits per heavy atom. The quantitative estimate of drug-likeness (QED) is 0.689. The van der Waals surface area contributed by atoms with Gasteiger partial charge in [0.05, 0.1) is 0 Å². The van der Waals surface area contributed by atoms with Gasteiger partial charge >= 0.3 is 0 Å². The second-order valence-corrected chi connectivity index (χ2v) is 6.97. The molecule has 6 heteroatoms. The molecule has 1 unspecified atom stereocenters. The van der Waals surface area contributed by atoms with Gasteiger partial charge in [-0.1, -0.05) is 12.8 Å². The molecule has 23 heavy (non-hydrogen) atoms. The minimum Gasteiger partial charge on any atom is -0.354 e. The average Bonchev–Trinajstić information content (AvgIpc) is 3.07. The van der Waals surface area contributed by atoms with Gasteiger partial charge < -0.3 is 16.0 Å². The lowest BCUT2D eigenvalue weighted by molar-refractivity contribution is -0.126. The van der Waals surface area contributed by atoms with E-state index in [1.165, 1.54) is 12.8 Å². The standard InChI is InChI=1S/C17H31N3O2.ClH/c1-12(18-2)11-19-16(21)14-7-9-15(10-8-14)20-17(22)13-5-3-4-6-13;/h12-15,18H,3-11H2,1-2H3,(H,19,21)(H,20,22);1H. The predicted molar refractivity (Wildman–Crippen MR) is 94.6 cm³/mol. The molecule has 2 fully saturated rings. The van der Waals surface area contributed by atoms with Gasteiger partial charge in [-0.15, -0.1) is 12.4 Å². The third kappa shape index (κ3) is 6.30. The maximum atomic E-state index is 12.1. The van der Waals surface area contributed by atoms with E-state index in [4.69, 9.17) is 0 Å². The lowest BCUT2D eigenvalue weighted by Crippen LogP contribution is -2.44. The number of hydrogen-bond acceptors (Lipinski definition) is 3. The van der Waals surface area contributed by atoms with Crippen molar-refractivity contribution in [3.05, 3.63) is 0 Å². The Kier molecular flexibility index (Phi) is 8.92. The molecule has 0 bridgehead atoms. The molecular weight excluding hydrogens is 314 g/mol. The number of hydrogen-bond donors (Lipinski definition) is 3. The topological polar surface area (TPSA) is 70.2 Å². The molecule has 0 aliphatic heterocycles. The zero-order valence-corrected chi connectivity index (χ0v) is 15.2. The fourth-order valence-electron chi connectivity index (χ4n) is 3.51. The molecule has 2 saturated carbocycles. The summed E-state index contributed by atoms with van der Waals surface area (Å²) in [5, 5.41) is 9.33. The van der Waals surface area contributed by atoms with Crippen LogP contribution in [0.25, 0.3) is 0 Å². The van der Waals surface area contributed by atoms with E-state index in [2.05, 4.69) is 22.9 Å². The van der Waals surface area contributed by atoms with Crippen LogP contribution < -0.4 is 16.0 Å². The summed E-state index contributed by atoms with van der Waals surface area (Å²) in [6, 6.07) is 0.569. The summed E-state index contributed by atoms with van der Waals surface area (Å²) in [7, 11) is 1.90. The first-order valence-electron chi connectivity index (χ1n) is 8.85. The van der Waals surface area contributed by atoms with Crippen LogP contribution in [0, 0.1) is 11.8 Å². The van der Waals surface area contributed by atoms with Gasteiger partial charge in [-0.3, -0.25) is 9.59 Å². The van der Waals surface area contributed by atoms with Gasteiger partial charge in [0.1, 0.15) is 0 Å². The smallest absolute Gasteiger partial charge is 0.223 e. The van der Waals surface area contributed by atoms with Crippen molar-refractivity contribution in [2.75, 3.05) is 13.6 Å². The van der Waals surface area contributed by atoms with Crippen molar-refractivity contribution < 1.29 is 9.59 Å². The number of carbonyl (C=O) groups excluding carboxylic acids is 2. The number of amides is 2. The summed E-state index contributed by atoms with van der Waals surface area (Å²) in [6.07, 6.45) is 8.10. The molecule has 5 nitrogen and oxygen atoms in total. The van der Waals surface area contributed by atoms with Crippen LogP contribution in [0.2, 0.25) is 0 Å². The molecule has 2 aliphatic rings. The van der Waals surface area contributed by atoms with Crippen molar-refractivity contribution >= 4 is 24.2 Å². The van der Waals surface area contributed by atoms with Crippen LogP contribution >= 0.6 is 12.4 Å². The molecule has 0 aromatic carbocycles. The fraction of sp³-hybridized carbons (Fsp3) is 0.882. The number of halogens is 1. The van der Waals surface area contributed by atoms with E-state index in [1.807, 2.05) is 7.05 Å². The Morgan fingerprint density at radius 3 is 2.09 bits per heavy atom. The van der Waals surface area contributed by atoms with Crippen molar-refractivity contribution in [1.82, 2.24) is 16.0 Å². The van der Waals surface area contributed by atoms with Crippen LogP contribution in [0.5, 0.6) is 0 Å². The summed E-state index contributed by atoms with van der Waals surface area (Å²) in [5.41, 5.74) is 0. The van der Waals surface area contributed by atoms with E-state index in [1.54, 1.807) is 0 Å². The number of nitrogens with one attached hydrogen (secondary N) is 3. The normalized spacial score (nSPS) is 26.2. The first-order chi connectivity index (χ1) is 10.6. The molecule has 3 N–H and O–H groups in total. The molecule has 1 atom stereocenters. The second kappa shape index (κ2) is 10.1. The van der Waals surface area contributed by atoms with Crippen molar-refractivity contribution in [3.63, 3.8) is 0 Å². The van der Waals surface area contributed by atoms with E-state index >= 15 is 0 Å². The highest BCUT2D eigenvalue weighted by Gasteiger charge is 2.29. The van der Waals surface area contributed by atoms with Crippen molar-refractivity contribution in [2.24, 2.45) is 11.8 Å². The Hall–Kier alpha value is -0.810. The monoisotopic (exact) mass is 345 g/mol. The first-order valence-corrected chi connectivity index (χ1v) is 8.85. The average molecular weight is 346 g/mol. The van der Waals surface area contributed by atoms with Crippen LogP contribution in [0.3, 0.4) is 0 Å². The van der Waals surface area contributed by atoms with Gasteiger partial charge in [0.15, 0.2) is 0 Å². The molecule has 0 aromatic rings. The molecule has 134 valence electrons. The maximum Gasteiger partial charge on any atom is 0.223 e.